The molecule has 0 bridgehead atoms. The summed E-state index contributed by atoms with van der Waals surface area (Å²) < 4.78 is 7.53. The molecule has 0 aliphatic carbocycles. The van der Waals surface area contributed by atoms with Crippen molar-refractivity contribution in [3.63, 3.8) is 0 Å². The van der Waals surface area contributed by atoms with E-state index < -0.39 is 0 Å². The summed E-state index contributed by atoms with van der Waals surface area (Å²) in [5.74, 6) is 1.44. The fourth-order valence-electron chi connectivity index (χ4n) is 4.52. The average molecular weight is 497 g/mol. The van der Waals surface area contributed by atoms with Crippen LogP contribution >= 0.6 is 12.6 Å². The third-order valence-corrected chi connectivity index (χ3v) is 6.74. The minimum Gasteiger partial charge on any atom is -0.378 e. The fourth-order valence-corrected chi connectivity index (χ4v) is 4.72. The number of urea groups is 1. The number of hydrogen-bond donors (Lipinski definition) is 3. The van der Waals surface area contributed by atoms with Gasteiger partial charge in [0.05, 0.1) is 30.8 Å². The first-order valence-corrected chi connectivity index (χ1v) is 12.1. The molecule has 12 heteroatoms. The van der Waals surface area contributed by atoms with Gasteiger partial charge in [-0.25, -0.2) is 19.4 Å². The third kappa shape index (κ3) is 4.89. The van der Waals surface area contributed by atoms with E-state index in [1.165, 1.54) is 0 Å². The van der Waals surface area contributed by atoms with Crippen LogP contribution in [-0.2, 0) is 4.74 Å². The molecule has 1 aromatic carbocycles. The van der Waals surface area contributed by atoms with Gasteiger partial charge in [0.1, 0.15) is 5.82 Å². The molecule has 4 heterocycles. The first kappa shape index (κ1) is 23.4. The van der Waals surface area contributed by atoms with Gasteiger partial charge in [0.2, 0.25) is 0 Å². The quantitative estimate of drug-likeness (QED) is 0.476. The van der Waals surface area contributed by atoms with Crippen molar-refractivity contribution in [2.75, 3.05) is 56.7 Å². The van der Waals surface area contributed by atoms with Crippen LogP contribution in [0.15, 0.2) is 30.5 Å². The van der Waals surface area contributed by atoms with E-state index in [1.807, 2.05) is 35.1 Å². The van der Waals surface area contributed by atoms with Crippen LogP contribution in [0.4, 0.5) is 21.1 Å². The Bertz CT molecular complexity index is 1220. The van der Waals surface area contributed by atoms with Crippen LogP contribution in [0.5, 0.6) is 0 Å². The van der Waals surface area contributed by atoms with Crippen molar-refractivity contribution in [3.8, 4) is 11.4 Å². The molecule has 0 saturated carbocycles. The molecule has 2 N–H and O–H groups in total. The van der Waals surface area contributed by atoms with Crippen molar-refractivity contribution < 1.29 is 14.3 Å². The highest BCUT2D eigenvalue weighted by atomic mass is 32.1. The van der Waals surface area contributed by atoms with Crippen molar-refractivity contribution in [3.05, 3.63) is 30.5 Å². The van der Waals surface area contributed by atoms with E-state index in [-0.39, 0.29) is 17.3 Å². The number of carbonyl (C=O) groups excluding carboxylic acids is 2. The monoisotopic (exact) mass is 496 g/mol. The SMILES string of the molecule is CNC(=O)Nc1ccc(-c2nc(N3CCOCC3)c3cnn(C4CCN(C(=O)S)CC4)c3n2)cc1. The molecule has 11 nitrogen and oxygen atoms in total. The van der Waals surface area contributed by atoms with E-state index in [1.54, 1.807) is 11.9 Å². The summed E-state index contributed by atoms with van der Waals surface area (Å²) in [5.41, 5.74) is 2.30. The zero-order valence-electron chi connectivity index (χ0n) is 19.5. The number of thiol groups is 1. The number of likely N-dealkylation sites (tertiary alicyclic amines) is 1. The number of anilines is 2. The predicted octanol–water partition coefficient (Wildman–Crippen LogP) is 2.77. The largest absolute Gasteiger partial charge is 0.378 e. The summed E-state index contributed by atoms with van der Waals surface area (Å²) in [6.07, 6.45) is 3.42. The van der Waals surface area contributed by atoms with Crippen LogP contribution in [0.1, 0.15) is 18.9 Å². The fraction of sp³-hybridized carbons (Fsp3) is 0.435. The second-order valence-corrected chi connectivity index (χ2v) is 8.96. The number of benzene rings is 1. The highest BCUT2D eigenvalue weighted by molar-refractivity contribution is 7.96. The molecule has 3 aromatic rings. The zero-order chi connectivity index (χ0) is 24.4. The summed E-state index contributed by atoms with van der Waals surface area (Å²) in [6.45, 7) is 4.06. The van der Waals surface area contributed by atoms with Crippen LogP contribution in [0, 0.1) is 0 Å². The summed E-state index contributed by atoms with van der Waals surface area (Å²) in [6, 6.07) is 7.30. The Hall–Kier alpha value is -3.38. The highest BCUT2D eigenvalue weighted by Gasteiger charge is 2.27. The van der Waals surface area contributed by atoms with E-state index in [4.69, 9.17) is 19.8 Å². The lowest BCUT2D eigenvalue weighted by atomic mass is 10.1. The van der Waals surface area contributed by atoms with Crippen LogP contribution in [0.2, 0.25) is 0 Å². The standard InChI is InChI=1S/C23H28N8O3S/c1-24-22(32)26-16-4-2-15(3-5-16)19-27-20(29-10-12-34-13-11-29)18-14-25-31(21(18)28-19)17-6-8-30(9-7-17)23(33)35/h2-5,14,17H,6-13H2,1H3,(H,33,35)(H2,24,26,32). The van der Waals surface area contributed by atoms with E-state index in [9.17, 15) is 9.59 Å². The Kier molecular flexibility index (Phi) is 6.73. The number of amides is 3. The molecule has 0 radical (unpaired) electrons. The number of morpholine rings is 1. The van der Waals surface area contributed by atoms with Crippen LogP contribution in [0.3, 0.4) is 0 Å². The van der Waals surface area contributed by atoms with Gasteiger partial charge in [-0.3, -0.25) is 4.79 Å². The molecule has 0 spiro atoms. The van der Waals surface area contributed by atoms with Crippen molar-refractivity contribution in [1.29, 1.82) is 0 Å². The van der Waals surface area contributed by atoms with Crippen molar-refractivity contribution in [1.82, 2.24) is 30.0 Å². The Morgan fingerprint density at radius 1 is 1.06 bits per heavy atom. The van der Waals surface area contributed by atoms with Crippen molar-refractivity contribution >= 4 is 46.4 Å². The topological polar surface area (TPSA) is 118 Å². The molecule has 0 atom stereocenters. The third-order valence-electron chi connectivity index (χ3n) is 6.45. The number of nitrogens with one attached hydrogen (secondary N) is 2. The number of carbonyl (C=O) groups is 2. The zero-order valence-corrected chi connectivity index (χ0v) is 20.4. The van der Waals surface area contributed by atoms with Gasteiger partial charge in [0.25, 0.3) is 5.24 Å². The van der Waals surface area contributed by atoms with E-state index in [0.717, 1.165) is 48.3 Å². The van der Waals surface area contributed by atoms with Crippen LogP contribution in [-0.4, -0.2) is 82.4 Å². The number of piperidine rings is 1. The molecule has 0 unspecified atom stereocenters. The molecule has 2 saturated heterocycles. The molecular formula is C23H28N8O3S. The summed E-state index contributed by atoms with van der Waals surface area (Å²) in [7, 11) is 1.57. The summed E-state index contributed by atoms with van der Waals surface area (Å²) >= 11 is 3.96. The number of aromatic nitrogens is 4. The van der Waals surface area contributed by atoms with Crippen molar-refractivity contribution in [2.24, 2.45) is 0 Å². The predicted molar refractivity (Wildman–Crippen MR) is 136 cm³/mol. The lowest BCUT2D eigenvalue weighted by Crippen LogP contribution is -2.37. The smallest absolute Gasteiger partial charge is 0.318 e. The molecule has 2 aliphatic heterocycles. The minimum absolute atomic E-state index is 0.135. The summed E-state index contributed by atoms with van der Waals surface area (Å²) in [5, 5.41) is 10.7. The van der Waals surface area contributed by atoms with Crippen LogP contribution in [0.25, 0.3) is 22.4 Å². The number of rotatable bonds is 4. The maximum Gasteiger partial charge on any atom is 0.318 e. The van der Waals surface area contributed by atoms with Gasteiger partial charge in [-0.15, -0.1) is 0 Å². The maximum absolute atomic E-state index is 11.6. The van der Waals surface area contributed by atoms with Gasteiger partial charge >= 0.3 is 6.03 Å². The molecule has 2 aliphatic rings. The molecule has 184 valence electrons. The molecule has 3 amide bonds. The Morgan fingerprint density at radius 3 is 2.43 bits per heavy atom. The Morgan fingerprint density at radius 2 is 1.77 bits per heavy atom. The van der Waals surface area contributed by atoms with Crippen molar-refractivity contribution in [2.45, 2.75) is 18.9 Å². The van der Waals surface area contributed by atoms with Gasteiger partial charge in [-0.1, -0.05) is 12.6 Å². The molecule has 2 fully saturated rings. The molecular weight excluding hydrogens is 468 g/mol. The van der Waals surface area contributed by atoms with Gasteiger partial charge in [0.15, 0.2) is 11.5 Å². The maximum atomic E-state index is 11.6. The second kappa shape index (κ2) is 10.1. The summed E-state index contributed by atoms with van der Waals surface area (Å²) in [4.78, 5) is 37.1. The number of ether oxygens (including phenoxy) is 1. The normalized spacial score (nSPS) is 17.0. The van der Waals surface area contributed by atoms with Gasteiger partial charge in [-0.2, -0.15) is 5.10 Å². The first-order valence-electron chi connectivity index (χ1n) is 11.7. The number of fused-ring (bicyclic) bond motifs is 1. The highest BCUT2D eigenvalue weighted by Crippen LogP contribution is 2.32. The Balaban J connectivity index is 1.52. The number of nitrogens with zero attached hydrogens (tertiary/aromatic N) is 6. The van der Waals surface area contributed by atoms with Gasteiger partial charge in [0, 0.05) is 44.5 Å². The molecule has 2 aromatic heterocycles. The van der Waals surface area contributed by atoms with E-state index in [2.05, 4.69) is 28.2 Å². The van der Waals surface area contributed by atoms with E-state index in [0.29, 0.717) is 37.8 Å². The lowest BCUT2D eigenvalue weighted by molar-refractivity contribution is 0.122. The Labute approximate surface area is 208 Å². The van der Waals surface area contributed by atoms with Gasteiger partial charge in [-0.05, 0) is 37.1 Å². The lowest BCUT2D eigenvalue weighted by Gasteiger charge is -2.31. The van der Waals surface area contributed by atoms with Gasteiger partial charge < -0.3 is 25.2 Å². The first-order chi connectivity index (χ1) is 17.0. The number of hydrogen-bond acceptors (Lipinski definition) is 7. The minimum atomic E-state index is -0.278. The van der Waals surface area contributed by atoms with Crippen LogP contribution < -0.4 is 15.5 Å². The molecule has 35 heavy (non-hydrogen) atoms. The van der Waals surface area contributed by atoms with E-state index >= 15 is 0 Å². The molecule has 5 rings (SSSR count). The average Bonchev–Trinajstić information content (AvgIpc) is 3.33. The second-order valence-electron chi connectivity index (χ2n) is 8.58.